The molecule has 4 rings (SSSR count). The molecule has 3 aromatic rings. The van der Waals surface area contributed by atoms with Crippen molar-refractivity contribution >= 4 is 11.8 Å². The van der Waals surface area contributed by atoms with Gasteiger partial charge in [-0.15, -0.1) is 0 Å². The first-order valence-corrected chi connectivity index (χ1v) is 8.61. The number of amides is 2. The van der Waals surface area contributed by atoms with E-state index in [0.717, 1.165) is 17.2 Å². The van der Waals surface area contributed by atoms with Crippen molar-refractivity contribution in [3.8, 4) is 17.0 Å². The summed E-state index contributed by atoms with van der Waals surface area (Å²) in [4.78, 5) is 20.2. The number of methoxy groups -OCH3 is 1. The predicted octanol–water partition coefficient (Wildman–Crippen LogP) is 3.20. The fourth-order valence-corrected chi connectivity index (χ4v) is 3.22. The highest BCUT2D eigenvalue weighted by atomic mass is 19.1. The number of carbonyl (C=O) groups is 1. The molecule has 1 aliphatic rings. The number of halogens is 2. The maximum absolute atomic E-state index is 13.4. The van der Waals surface area contributed by atoms with E-state index in [9.17, 15) is 13.6 Å². The summed E-state index contributed by atoms with van der Waals surface area (Å²) in [5.41, 5.74) is 1.96. The first kappa shape index (κ1) is 17.9. The molecule has 1 saturated heterocycles. The number of carbonyl (C=O) groups excluding carboxylic acids is 1. The summed E-state index contributed by atoms with van der Waals surface area (Å²) in [6, 6.07) is 6.51. The Morgan fingerprint density at radius 1 is 1.18 bits per heavy atom. The van der Waals surface area contributed by atoms with Gasteiger partial charge in [-0.2, -0.15) is 10.1 Å². The molecule has 1 fully saturated rings. The number of benzene rings is 1. The van der Waals surface area contributed by atoms with E-state index in [1.54, 1.807) is 18.5 Å². The van der Waals surface area contributed by atoms with Gasteiger partial charge in [0.1, 0.15) is 17.5 Å². The standard InChI is InChI=1S/C19H17F2N5O2/c1-28-18-16(13-9-22-23-10-13)2-3-17(24-18)26-5-4-25(19(26)27)11-12-6-14(20)8-15(21)7-12/h2-3,6-10H,4-5,11H2,1H3,(H,22,23). The van der Waals surface area contributed by atoms with Crippen LogP contribution in [-0.2, 0) is 6.54 Å². The highest BCUT2D eigenvalue weighted by Crippen LogP contribution is 2.31. The van der Waals surface area contributed by atoms with Gasteiger partial charge in [0.05, 0.1) is 13.3 Å². The molecule has 0 spiro atoms. The van der Waals surface area contributed by atoms with E-state index in [1.165, 1.54) is 29.0 Å². The lowest BCUT2D eigenvalue weighted by molar-refractivity contribution is 0.218. The second-order valence-corrected chi connectivity index (χ2v) is 6.35. The van der Waals surface area contributed by atoms with Gasteiger partial charge in [-0.25, -0.2) is 13.6 Å². The van der Waals surface area contributed by atoms with Crippen molar-refractivity contribution in [3.63, 3.8) is 0 Å². The van der Waals surface area contributed by atoms with Crippen molar-refractivity contribution in [2.24, 2.45) is 0 Å². The molecule has 2 amide bonds. The second kappa shape index (κ2) is 7.26. The molecular formula is C19H17F2N5O2. The average Bonchev–Trinajstić information content (AvgIpc) is 3.31. The van der Waals surface area contributed by atoms with E-state index < -0.39 is 11.6 Å². The quantitative estimate of drug-likeness (QED) is 0.732. The summed E-state index contributed by atoms with van der Waals surface area (Å²) in [5, 5.41) is 6.65. The van der Waals surface area contributed by atoms with E-state index in [4.69, 9.17) is 4.74 Å². The predicted molar refractivity (Wildman–Crippen MR) is 97.9 cm³/mol. The topological polar surface area (TPSA) is 74.3 Å². The summed E-state index contributed by atoms with van der Waals surface area (Å²) in [5.74, 6) is -0.515. The van der Waals surface area contributed by atoms with Crippen LogP contribution in [0.1, 0.15) is 5.56 Å². The molecule has 2 aromatic heterocycles. The number of urea groups is 1. The normalized spacial score (nSPS) is 14.0. The van der Waals surface area contributed by atoms with Crippen LogP contribution >= 0.6 is 0 Å². The monoisotopic (exact) mass is 385 g/mol. The Labute approximate surface area is 159 Å². The number of anilines is 1. The van der Waals surface area contributed by atoms with Crippen LogP contribution < -0.4 is 9.64 Å². The maximum Gasteiger partial charge on any atom is 0.326 e. The van der Waals surface area contributed by atoms with Crippen molar-refractivity contribution in [2.75, 3.05) is 25.1 Å². The van der Waals surface area contributed by atoms with Crippen molar-refractivity contribution in [2.45, 2.75) is 6.54 Å². The molecule has 0 radical (unpaired) electrons. The van der Waals surface area contributed by atoms with Crippen LogP contribution in [0, 0.1) is 11.6 Å². The van der Waals surface area contributed by atoms with Crippen LogP contribution in [-0.4, -0.2) is 46.3 Å². The third-order valence-electron chi connectivity index (χ3n) is 4.52. The zero-order chi connectivity index (χ0) is 19.7. The van der Waals surface area contributed by atoms with Gasteiger partial charge in [0.25, 0.3) is 0 Å². The third-order valence-corrected chi connectivity index (χ3v) is 4.52. The summed E-state index contributed by atoms with van der Waals surface area (Å²) in [7, 11) is 1.51. The van der Waals surface area contributed by atoms with Crippen LogP contribution in [0.3, 0.4) is 0 Å². The van der Waals surface area contributed by atoms with Crippen molar-refractivity contribution < 1.29 is 18.3 Å². The van der Waals surface area contributed by atoms with E-state index in [1.807, 2.05) is 6.07 Å². The lowest BCUT2D eigenvalue weighted by atomic mass is 10.1. The van der Waals surface area contributed by atoms with Crippen LogP contribution in [0.15, 0.2) is 42.7 Å². The summed E-state index contributed by atoms with van der Waals surface area (Å²) in [6.45, 7) is 0.955. The molecule has 28 heavy (non-hydrogen) atoms. The molecule has 0 saturated carbocycles. The highest BCUT2D eigenvalue weighted by Gasteiger charge is 2.31. The van der Waals surface area contributed by atoms with E-state index >= 15 is 0 Å². The minimum absolute atomic E-state index is 0.119. The number of pyridine rings is 1. The summed E-state index contributed by atoms with van der Waals surface area (Å²) < 4.78 is 32.2. The fourth-order valence-electron chi connectivity index (χ4n) is 3.22. The number of H-pyrrole nitrogens is 1. The number of ether oxygens (including phenoxy) is 1. The lowest BCUT2D eigenvalue weighted by Gasteiger charge is -2.19. The highest BCUT2D eigenvalue weighted by molar-refractivity contribution is 5.93. The molecule has 0 bridgehead atoms. The lowest BCUT2D eigenvalue weighted by Crippen LogP contribution is -2.32. The SMILES string of the molecule is COc1nc(N2CCN(Cc3cc(F)cc(F)c3)C2=O)ccc1-c1cn[nH]c1. The zero-order valence-electron chi connectivity index (χ0n) is 15.0. The van der Waals surface area contributed by atoms with Crippen LogP contribution in [0.25, 0.3) is 11.1 Å². The summed E-state index contributed by atoms with van der Waals surface area (Å²) in [6.07, 6.45) is 3.38. The molecule has 7 nitrogen and oxygen atoms in total. The van der Waals surface area contributed by atoms with Crippen molar-refractivity contribution in [1.29, 1.82) is 0 Å². The molecule has 144 valence electrons. The zero-order valence-corrected chi connectivity index (χ0v) is 15.0. The van der Waals surface area contributed by atoms with E-state index in [0.29, 0.717) is 30.4 Å². The van der Waals surface area contributed by atoms with Gasteiger partial charge in [0.15, 0.2) is 0 Å². The Kier molecular flexibility index (Phi) is 4.64. The van der Waals surface area contributed by atoms with Crippen LogP contribution in [0.5, 0.6) is 5.88 Å². The molecule has 0 unspecified atom stereocenters. The number of rotatable bonds is 5. The molecule has 3 heterocycles. The van der Waals surface area contributed by atoms with Crippen molar-refractivity contribution in [1.82, 2.24) is 20.1 Å². The number of hydrogen-bond donors (Lipinski definition) is 1. The number of aromatic amines is 1. The smallest absolute Gasteiger partial charge is 0.326 e. The molecular weight excluding hydrogens is 368 g/mol. The van der Waals surface area contributed by atoms with Gasteiger partial charge in [0.2, 0.25) is 5.88 Å². The minimum Gasteiger partial charge on any atom is -0.480 e. The fraction of sp³-hybridized carbons (Fsp3) is 0.211. The molecule has 0 atom stereocenters. The Morgan fingerprint density at radius 2 is 1.96 bits per heavy atom. The van der Waals surface area contributed by atoms with Gasteiger partial charge in [0, 0.05) is 43.0 Å². The maximum atomic E-state index is 13.4. The van der Waals surface area contributed by atoms with Gasteiger partial charge < -0.3 is 9.64 Å². The van der Waals surface area contributed by atoms with Gasteiger partial charge >= 0.3 is 6.03 Å². The van der Waals surface area contributed by atoms with Crippen LogP contribution in [0.2, 0.25) is 0 Å². The molecule has 1 aromatic carbocycles. The molecule has 0 aliphatic carbocycles. The molecule has 1 N–H and O–H groups in total. The summed E-state index contributed by atoms with van der Waals surface area (Å²) >= 11 is 0. The Morgan fingerprint density at radius 3 is 2.64 bits per heavy atom. The Balaban J connectivity index is 1.55. The van der Waals surface area contributed by atoms with E-state index in [2.05, 4.69) is 15.2 Å². The van der Waals surface area contributed by atoms with Crippen LogP contribution in [0.4, 0.5) is 19.4 Å². The minimum atomic E-state index is -0.667. The largest absolute Gasteiger partial charge is 0.480 e. The van der Waals surface area contributed by atoms with Gasteiger partial charge in [-0.3, -0.25) is 10.00 Å². The number of aromatic nitrogens is 3. The Bertz CT molecular complexity index is 989. The first-order chi connectivity index (χ1) is 13.5. The van der Waals surface area contributed by atoms with Gasteiger partial charge in [-0.05, 0) is 29.8 Å². The number of nitrogens with zero attached hydrogens (tertiary/aromatic N) is 4. The average molecular weight is 385 g/mol. The first-order valence-electron chi connectivity index (χ1n) is 8.61. The van der Waals surface area contributed by atoms with Crippen molar-refractivity contribution in [3.05, 3.63) is 59.9 Å². The number of nitrogens with one attached hydrogen (secondary N) is 1. The van der Waals surface area contributed by atoms with E-state index in [-0.39, 0.29) is 12.6 Å². The second-order valence-electron chi connectivity index (χ2n) is 6.35. The molecule has 1 aliphatic heterocycles. The third kappa shape index (κ3) is 3.38. The number of hydrogen-bond acceptors (Lipinski definition) is 4. The van der Waals surface area contributed by atoms with Gasteiger partial charge in [-0.1, -0.05) is 0 Å². The molecule has 9 heteroatoms. The Hall–Kier alpha value is -3.49.